The van der Waals surface area contributed by atoms with Crippen LogP contribution in [0.15, 0.2) is 32.5 Å². The summed E-state index contributed by atoms with van der Waals surface area (Å²) in [7, 11) is -3.17. The van der Waals surface area contributed by atoms with Gasteiger partial charge >= 0.3 is 0 Å². The van der Waals surface area contributed by atoms with Crippen molar-refractivity contribution in [1.29, 1.82) is 0 Å². The van der Waals surface area contributed by atoms with E-state index in [9.17, 15) is 18.0 Å². The van der Waals surface area contributed by atoms with E-state index in [4.69, 9.17) is 4.63 Å². The summed E-state index contributed by atoms with van der Waals surface area (Å²) in [5.74, 6) is -0.154. The van der Waals surface area contributed by atoms with E-state index in [-0.39, 0.29) is 23.9 Å². The molecule has 8 nitrogen and oxygen atoms in total. The van der Waals surface area contributed by atoms with Crippen molar-refractivity contribution in [2.24, 2.45) is 11.1 Å². The Balaban J connectivity index is 1.69. The maximum Gasteiger partial charge on any atom is 0.211 e. The quantitative estimate of drug-likeness (QED) is 0.391. The van der Waals surface area contributed by atoms with Crippen molar-refractivity contribution < 1.29 is 22.6 Å². The molecular weight excluding hydrogens is 455 g/mol. The van der Waals surface area contributed by atoms with Gasteiger partial charge in [-0.3, -0.25) is 0 Å². The van der Waals surface area contributed by atoms with E-state index in [0.717, 1.165) is 5.56 Å². The topological polar surface area (TPSA) is 109 Å². The fraction of sp³-hybridized carbons (Fsp3) is 0.471. The van der Waals surface area contributed by atoms with Crippen LogP contribution in [-0.2, 0) is 22.9 Å². The molecule has 0 aliphatic carbocycles. The lowest BCUT2D eigenvalue weighted by Crippen LogP contribution is -2.38. The molecular formula is C17H20BrFN4O4S. The number of sulfonamides is 1. The standard InChI is InChI=1S/C17H20BrFN4O4S/c1-28(25,26)23-6-4-11(5-7-23)9-16-17(22-27-21-16)15(20-24)10-12-2-3-14(19)13(18)8-12/h2-3,8,11,24H,4-7,9-10H2,1H3. The third kappa shape index (κ3) is 4.95. The van der Waals surface area contributed by atoms with Crippen LogP contribution < -0.4 is 0 Å². The van der Waals surface area contributed by atoms with E-state index in [1.165, 1.54) is 16.6 Å². The van der Waals surface area contributed by atoms with Crippen LogP contribution in [-0.4, -0.2) is 53.3 Å². The molecule has 1 saturated heterocycles. The molecule has 1 N–H and O–H groups in total. The van der Waals surface area contributed by atoms with Gasteiger partial charge in [0.1, 0.15) is 17.2 Å². The molecule has 1 fully saturated rings. The zero-order valence-corrected chi connectivity index (χ0v) is 17.6. The van der Waals surface area contributed by atoms with E-state index >= 15 is 0 Å². The second-order valence-corrected chi connectivity index (χ2v) is 9.68. The molecule has 1 aromatic carbocycles. The summed E-state index contributed by atoms with van der Waals surface area (Å²) in [5, 5.41) is 20.6. The van der Waals surface area contributed by atoms with E-state index in [2.05, 4.69) is 31.4 Å². The molecule has 3 rings (SSSR count). The molecule has 11 heteroatoms. The minimum Gasteiger partial charge on any atom is -0.411 e. The Bertz CT molecular complexity index is 971. The maximum absolute atomic E-state index is 13.4. The first kappa shape index (κ1) is 20.9. The van der Waals surface area contributed by atoms with Crippen LogP contribution >= 0.6 is 15.9 Å². The Morgan fingerprint density at radius 2 is 2.11 bits per heavy atom. The third-order valence-corrected chi connectivity index (χ3v) is 6.74. The van der Waals surface area contributed by atoms with Gasteiger partial charge in [0.05, 0.1) is 10.7 Å². The van der Waals surface area contributed by atoms with Crippen LogP contribution in [0, 0.1) is 11.7 Å². The number of benzene rings is 1. The van der Waals surface area contributed by atoms with Crippen molar-refractivity contribution in [2.75, 3.05) is 19.3 Å². The van der Waals surface area contributed by atoms with Gasteiger partial charge in [0.15, 0.2) is 5.69 Å². The molecule has 0 atom stereocenters. The molecule has 28 heavy (non-hydrogen) atoms. The van der Waals surface area contributed by atoms with Crippen LogP contribution in [0.5, 0.6) is 0 Å². The van der Waals surface area contributed by atoms with Crippen LogP contribution in [0.1, 0.15) is 29.8 Å². The Hall–Kier alpha value is -1.85. The lowest BCUT2D eigenvalue weighted by molar-refractivity contribution is 0.265. The number of hydrogen-bond acceptors (Lipinski definition) is 7. The molecule has 1 aliphatic heterocycles. The molecule has 152 valence electrons. The minimum absolute atomic E-state index is 0.225. The Labute approximate surface area is 170 Å². The number of hydrogen-bond donors (Lipinski definition) is 1. The van der Waals surface area contributed by atoms with E-state index in [1.807, 2.05) is 0 Å². The summed E-state index contributed by atoms with van der Waals surface area (Å²) in [6.07, 6.45) is 3.39. The normalized spacial score (nSPS) is 17.2. The molecule has 0 spiro atoms. The van der Waals surface area contributed by atoms with Gasteiger partial charge in [-0.15, -0.1) is 0 Å². The molecule has 0 radical (unpaired) electrons. The van der Waals surface area contributed by atoms with E-state index in [1.54, 1.807) is 12.1 Å². The van der Waals surface area contributed by atoms with Gasteiger partial charge in [-0.1, -0.05) is 16.4 Å². The van der Waals surface area contributed by atoms with E-state index < -0.39 is 10.0 Å². The Kier molecular flexibility index (Phi) is 6.46. The number of halogens is 2. The summed E-state index contributed by atoms with van der Waals surface area (Å²) in [5.41, 5.74) is 1.92. The molecule has 1 aliphatic rings. The Morgan fingerprint density at radius 3 is 2.71 bits per heavy atom. The van der Waals surface area contributed by atoms with Crippen molar-refractivity contribution >= 4 is 31.7 Å². The average Bonchev–Trinajstić information content (AvgIpc) is 3.10. The lowest BCUT2D eigenvalue weighted by Gasteiger charge is -2.29. The summed E-state index contributed by atoms with van der Waals surface area (Å²) in [6, 6.07) is 4.53. The third-order valence-electron chi connectivity index (χ3n) is 4.83. The van der Waals surface area contributed by atoms with Gasteiger partial charge in [0.2, 0.25) is 10.0 Å². The minimum atomic E-state index is -3.17. The molecule has 0 unspecified atom stereocenters. The number of aromatic nitrogens is 2. The highest BCUT2D eigenvalue weighted by molar-refractivity contribution is 9.10. The van der Waals surface area contributed by atoms with Crippen LogP contribution in [0.2, 0.25) is 0 Å². The average molecular weight is 475 g/mol. The van der Waals surface area contributed by atoms with Crippen LogP contribution in [0.25, 0.3) is 0 Å². The van der Waals surface area contributed by atoms with Crippen molar-refractivity contribution in [1.82, 2.24) is 14.6 Å². The van der Waals surface area contributed by atoms with Gasteiger partial charge in [0.25, 0.3) is 0 Å². The summed E-state index contributed by atoms with van der Waals surface area (Å²) in [4.78, 5) is 0. The smallest absolute Gasteiger partial charge is 0.211 e. The monoisotopic (exact) mass is 474 g/mol. The highest BCUT2D eigenvalue weighted by Gasteiger charge is 2.27. The zero-order valence-electron chi connectivity index (χ0n) is 15.2. The summed E-state index contributed by atoms with van der Waals surface area (Å²) in [6.45, 7) is 0.934. The molecule has 1 aromatic heterocycles. The number of oxime groups is 1. The van der Waals surface area contributed by atoms with Gasteiger partial charge in [-0.2, -0.15) is 0 Å². The first-order valence-corrected chi connectivity index (χ1v) is 11.3. The second-order valence-electron chi connectivity index (χ2n) is 6.84. The number of nitrogens with zero attached hydrogens (tertiary/aromatic N) is 4. The van der Waals surface area contributed by atoms with Crippen molar-refractivity contribution in [2.45, 2.75) is 25.7 Å². The largest absolute Gasteiger partial charge is 0.411 e. The van der Waals surface area contributed by atoms with Gasteiger partial charge < -0.3 is 5.21 Å². The van der Waals surface area contributed by atoms with Crippen molar-refractivity contribution in [3.63, 3.8) is 0 Å². The molecule has 2 aromatic rings. The van der Waals surface area contributed by atoms with Gasteiger partial charge in [0, 0.05) is 19.5 Å². The highest BCUT2D eigenvalue weighted by atomic mass is 79.9. The Morgan fingerprint density at radius 1 is 1.39 bits per heavy atom. The first-order valence-electron chi connectivity index (χ1n) is 8.69. The maximum atomic E-state index is 13.4. The number of rotatable bonds is 6. The predicted octanol–water partition coefficient (Wildman–Crippen LogP) is 2.61. The lowest BCUT2D eigenvalue weighted by atomic mass is 9.91. The number of piperidine rings is 1. The summed E-state index contributed by atoms with van der Waals surface area (Å²) >= 11 is 3.13. The fourth-order valence-corrected chi connectivity index (χ4v) is 4.59. The molecule has 2 heterocycles. The van der Waals surface area contributed by atoms with Crippen LogP contribution in [0.4, 0.5) is 4.39 Å². The SMILES string of the molecule is CS(=O)(=O)N1CCC(Cc2nonc2C(Cc2ccc(F)c(Br)c2)=NO)CC1. The predicted molar refractivity (Wildman–Crippen MR) is 103 cm³/mol. The van der Waals surface area contributed by atoms with Crippen LogP contribution in [0.3, 0.4) is 0 Å². The van der Waals surface area contributed by atoms with Crippen molar-refractivity contribution in [3.05, 3.63) is 45.4 Å². The fourth-order valence-electron chi connectivity index (χ4n) is 3.29. The molecule has 0 bridgehead atoms. The zero-order chi connectivity index (χ0) is 20.3. The van der Waals surface area contributed by atoms with Crippen molar-refractivity contribution in [3.8, 4) is 0 Å². The highest BCUT2D eigenvalue weighted by Crippen LogP contribution is 2.24. The van der Waals surface area contributed by atoms with Gasteiger partial charge in [-0.05, 0) is 64.0 Å². The first-order chi connectivity index (χ1) is 13.3. The van der Waals surface area contributed by atoms with Gasteiger partial charge in [-0.25, -0.2) is 21.7 Å². The molecule has 0 saturated carbocycles. The summed E-state index contributed by atoms with van der Waals surface area (Å²) < 4.78 is 43.3. The second kappa shape index (κ2) is 8.66. The molecule has 0 amide bonds. The van der Waals surface area contributed by atoms with E-state index in [0.29, 0.717) is 48.2 Å².